The standard InChI is InChI=1S/C13H19N3O2/c1-2-11-4-3-7-15(11)9-10-5-6-12(14)13(8-10)16(17)18/h5-6,8,11H,2-4,7,9,14H2,1H3. The molecule has 98 valence electrons. The van der Waals surface area contributed by atoms with E-state index in [0.29, 0.717) is 6.04 Å². The summed E-state index contributed by atoms with van der Waals surface area (Å²) in [5.41, 5.74) is 6.81. The average Bonchev–Trinajstić information content (AvgIpc) is 2.78. The molecule has 5 nitrogen and oxygen atoms in total. The van der Waals surface area contributed by atoms with Gasteiger partial charge in [-0.2, -0.15) is 0 Å². The molecule has 0 bridgehead atoms. The van der Waals surface area contributed by atoms with Crippen molar-refractivity contribution in [3.8, 4) is 0 Å². The van der Waals surface area contributed by atoms with Crippen molar-refractivity contribution in [3.05, 3.63) is 33.9 Å². The van der Waals surface area contributed by atoms with Crippen molar-refractivity contribution >= 4 is 11.4 Å². The zero-order chi connectivity index (χ0) is 13.1. The van der Waals surface area contributed by atoms with Crippen LogP contribution >= 0.6 is 0 Å². The highest BCUT2D eigenvalue weighted by atomic mass is 16.6. The highest BCUT2D eigenvalue weighted by molar-refractivity contribution is 5.59. The van der Waals surface area contributed by atoms with Crippen LogP contribution in [0.3, 0.4) is 0 Å². The van der Waals surface area contributed by atoms with Gasteiger partial charge in [-0.15, -0.1) is 0 Å². The third kappa shape index (κ3) is 2.61. The lowest BCUT2D eigenvalue weighted by Crippen LogP contribution is -2.28. The van der Waals surface area contributed by atoms with Gasteiger partial charge in [-0.3, -0.25) is 15.0 Å². The Hall–Kier alpha value is -1.62. The number of hydrogen-bond donors (Lipinski definition) is 1. The Morgan fingerprint density at radius 3 is 3.00 bits per heavy atom. The van der Waals surface area contributed by atoms with Gasteiger partial charge in [0.05, 0.1) is 4.92 Å². The lowest BCUT2D eigenvalue weighted by atomic mass is 10.1. The van der Waals surface area contributed by atoms with Gasteiger partial charge in [0.15, 0.2) is 0 Å². The number of likely N-dealkylation sites (tertiary alicyclic amines) is 1. The molecule has 1 aromatic rings. The molecule has 1 fully saturated rings. The minimum Gasteiger partial charge on any atom is -0.393 e. The van der Waals surface area contributed by atoms with Gasteiger partial charge in [-0.1, -0.05) is 13.0 Å². The number of nitro groups is 1. The third-order valence-corrected chi connectivity index (χ3v) is 3.65. The van der Waals surface area contributed by atoms with Crippen molar-refractivity contribution in [3.63, 3.8) is 0 Å². The summed E-state index contributed by atoms with van der Waals surface area (Å²) in [4.78, 5) is 12.8. The van der Waals surface area contributed by atoms with Gasteiger partial charge in [-0.05, 0) is 37.4 Å². The summed E-state index contributed by atoms with van der Waals surface area (Å²) in [6, 6.07) is 5.72. The van der Waals surface area contributed by atoms with Gasteiger partial charge < -0.3 is 5.73 Å². The number of nitro benzene ring substituents is 1. The number of nitrogen functional groups attached to an aromatic ring is 1. The number of hydrogen-bond acceptors (Lipinski definition) is 4. The van der Waals surface area contributed by atoms with E-state index in [4.69, 9.17) is 5.73 Å². The molecule has 0 aliphatic carbocycles. The molecule has 0 spiro atoms. The number of nitrogens with zero attached hydrogens (tertiary/aromatic N) is 2. The Kier molecular flexibility index (Phi) is 3.81. The van der Waals surface area contributed by atoms with Crippen LogP contribution in [0.5, 0.6) is 0 Å². The van der Waals surface area contributed by atoms with Crippen molar-refractivity contribution < 1.29 is 4.92 Å². The first-order valence-electron chi connectivity index (χ1n) is 6.38. The average molecular weight is 249 g/mol. The second-order valence-corrected chi connectivity index (χ2v) is 4.83. The minimum atomic E-state index is -0.417. The van der Waals surface area contributed by atoms with E-state index in [1.165, 1.54) is 12.8 Å². The fourth-order valence-corrected chi connectivity index (χ4v) is 2.65. The number of nitrogens with two attached hydrogens (primary N) is 1. The van der Waals surface area contributed by atoms with E-state index in [-0.39, 0.29) is 11.4 Å². The summed E-state index contributed by atoms with van der Waals surface area (Å²) >= 11 is 0. The van der Waals surface area contributed by atoms with Crippen LogP contribution in [-0.4, -0.2) is 22.4 Å². The summed E-state index contributed by atoms with van der Waals surface area (Å²) in [5.74, 6) is 0. The fourth-order valence-electron chi connectivity index (χ4n) is 2.65. The quantitative estimate of drug-likeness (QED) is 0.505. The molecule has 5 heteroatoms. The van der Waals surface area contributed by atoms with Crippen LogP contribution in [0.25, 0.3) is 0 Å². The first-order chi connectivity index (χ1) is 8.61. The topological polar surface area (TPSA) is 72.4 Å². The maximum absolute atomic E-state index is 10.8. The molecular weight excluding hydrogens is 230 g/mol. The Bertz CT molecular complexity index is 448. The highest BCUT2D eigenvalue weighted by Crippen LogP contribution is 2.26. The molecule has 1 aromatic carbocycles. The van der Waals surface area contributed by atoms with E-state index < -0.39 is 4.92 Å². The van der Waals surface area contributed by atoms with E-state index in [2.05, 4.69) is 11.8 Å². The van der Waals surface area contributed by atoms with Crippen LogP contribution in [0.15, 0.2) is 18.2 Å². The molecule has 1 aliphatic heterocycles. The molecular formula is C13H19N3O2. The number of rotatable bonds is 4. The molecule has 1 heterocycles. The lowest BCUT2D eigenvalue weighted by Gasteiger charge is -2.23. The normalized spacial score (nSPS) is 20.2. The second-order valence-electron chi connectivity index (χ2n) is 4.83. The van der Waals surface area contributed by atoms with Gasteiger partial charge >= 0.3 is 0 Å². The van der Waals surface area contributed by atoms with Crippen molar-refractivity contribution in [2.45, 2.75) is 38.8 Å². The second kappa shape index (κ2) is 5.35. The molecule has 0 aromatic heterocycles. The summed E-state index contributed by atoms with van der Waals surface area (Å²) in [7, 11) is 0. The van der Waals surface area contributed by atoms with Crippen LogP contribution < -0.4 is 5.73 Å². The van der Waals surface area contributed by atoms with Crippen molar-refractivity contribution in [2.75, 3.05) is 12.3 Å². The van der Waals surface area contributed by atoms with E-state index in [1.807, 2.05) is 6.07 Å². The van der Waals surface area contributed by atoms with Gasteiger partial charge in [0, 0.05) is 18.7 Å². The van der Waals surface area contributed by atoms with E-state index in [9.17, 15) is 10.1 Å². The zero-order valence-corrected chi connectivity index (χ0v) is 10.6. The minimum absolute atomic E-state index is 0.0137. The molecule has 0 saturated carbocycles. The SMILES string of the molecule is CCC1CCCN1Cc1ccc(N)c([N+](=O)[O-])c1. The number of anilines is 1. The van der Waals surface area contributed by atoms with Gasteiger partial charge in [0.2, 0.25) is 0 Å². The van der Waals surface area contributed by atoms with E-state index >= 15 is 0 Å². The molecule has 1 atom stereocenters. The molecule has 1 aliphatic rings. The van der Waals surface area contributed by atoms with Gasteiger partial charge in [0.1, 0.15) is 5.69 Å². The molecule has 18 heavy (non-hydrogen) atoms. The summed E-state index contributed by atoms with van der Waals surface area (Å²) in [6.07, 6.45) is 3.58. The Labute approximate surface area is 107 Å². The lowest BCUT2D eigenvalue weighted by molar-refractivity contribution is -0.384. The Morgan fingerprint density at radius 1 is 1.56 bits per heavy atom. The molecule has 2 N–H and O–H groups in total. The molecule has 1 unspecified atom stereocenters. The smallest absolute Gasteiger partial charge is 0.292 e. The van der Waals surface area contributed by atoms with Crippen molar-refractivity contribution in [1.82, 2.24) is 4.90 Å². The maximum Gasteiger partial charge on any atom is 0.292 e. The van der Waals surface area contributed by atoms with Crippen molar-refractivity contribution in [1.29, 1.82) is 0 Å². The van der Waals surface area contributed by atoms with Crippen LogP contribution in [0, 0.1) is 10.1 Å². The predicted octanol–water partition coefficient (Wildman–Crippen LogP) is 2.55. The molecule has 2 rings (SSSR count). The van der Waals surface area contributed by atoms with Crippen molar-refractivity contribution in [2.24, 2.45) is 0 Å². The van der Waals surface area contributed by atoms with Crippen LogP contribution in [-0.2, 0) is 6.54 Å². The monoisotopic (exact) mass is 249 g/mol. The van der Waals surface area contributed by atoms with E-state index in [0.717, 1.165) is 25.1 Å². The summed E-state index contributed by atoms with van der Waals surface area (Å²) in [5, 5.41) is 10.8. The predicted molar refractivity (Wildman–Crippen MR) is 71.2 cm³/mol. The maximum atomic E-state index is 10.8. The molecule has 0 amide bonds. The fraction of sp³-hybridized carbons (Fsp3) is 0.538. The Balaban J connectivity index is 2.14. The zero-order valence-electron chi connectivity index (χ0n) is 10.6. The molecule has 1 saturated heterocycles. The first kappa shape index (κ1) is 12.8. The molecule has 0 radical (unpaired) electrons. The van der Waals surface area contributed by atoms with Crippen LogP contribution in [0.1, 0.15) is 31.7 Å². The van der Waals surface area contributed by atoms with E-state index in [1.54, 1.807) is 12.1 Å². The number of benzene rings is 1. The van der Waals surface area contributed by atoms with Crippen LogP contribution in [0.2, 0.25) is 0 Å². The van der Waals surface area contributed by atoms with Gasteiger partial charge in [-0.25, -0.2) is 0 Å². The first-order valence-corrected chi connectivity index (χ1v) is 6.38. The third-order valence-electron chi connectivity index (χ3n) is 3.65. The summed E-state index contributed by atoms with van der Waals surface area (Å²) in [6.45, 7) is 4.05. The Morgan fingerprint density at radius 2 is 2.33 bits per heavy atom. The highest BCUT2D eigenvalue weighted by Gasteiger charge is 2.23. The summed E-state index contributed by atoms with van der Waals surface area (Å²) < 4.78 is 0. The largest absolute Gasteiger partial charge is 0.393 e. The van der Waals surface area contributed by atoms with Crippen LogP contribution in [0.4, 0.5) is 11.4 Å². The van der Waals surface area contributed by atoms with Gasteiger partial charge in [0.25, 0.3) is 5.69 Å².